The van der Waals surface area contributed by atoms with Crippen LogP contribution < -0.4 is 5.48 Å². The molecule has 1 aromatic rings. The van der Waals surface area contributed by atoms with Crippen LogP contribution in [-0.4, -0.2) is 26.4 Å². The number of hydrogen-bond donors (Lipinski definition) is 1. The first-order valence-corrected chi connectivity index (χ1v) is 5.33. The van der Waals surface area contributed by atoms with E-state index < -0.39 is 0 Å². The zero-order chi connectivity index (χ0) is 11.8. The van der Waals surface area contributed by atoms with Crippen LogP contribution >= 0.6 is 0 Å². The first-order chi connectivity index (χ1) is 7.72. The maximum atomic E-state index is 12.9. The van der Waals surface area contributed by atoms with Gasteiger partial charge in [-0.25, -0.2) is 4.39 Å². The highest BCUT2D eigenvalue weighted by atomic mass is 19.1. The Balaban J connectivity index is 2.25. The summed E-state index contributed by atoms with van der Waals surface area (Å²) in [7, 11) is 1.62. The highest BCUT2D eigenvalue weighted by molar-refractivity contribution is 5.17. The zero-order valence-corrected chi connectivity index (χ0v) is 9.70. The molecule has 0 aliphatic carbocycles. The van der Waals surface area contributed by atoms with Crippen molar-refractivity contribution in [1.82, 2.24) is 5.48 Å². The van der Waals surface area contributed by atoms with E-state index in [1.807, 2.05) is 13.0 Å². The number of methoxy groups -OCH3 is 1. The molecule has 0 amide bonds. The Morgan fingerprint density at radius 3 is 2.88 bits per heavy atom. The molecular weight excluding hydrogens is 209 g/mol. The summed E-state index contributed by atoms with van der Waals surface area (Å²) in [6, 6.07) is 6.72. The molecule has 1 rings (SSSR count). The third kappa shape index (κ3) is 5.21. The molecule has 0 aliphatic rings. The predicted molar refractivity (Wildman–Crippen MR) is 60.5 cm³/mol. The molecule has 0 aromatic heterocycles. The molecule has 1 aromatic carbocycles. The number of nitrogens with one attached hydrogen (secondary N) is 1. The van der Waals surface area contributed by atoms with Gasteiger partial charge in [-0.3, -0.25) is 4.84 Å². The molecule has 0 spiro atoms. The smallest absolute Gasteiger partial charge is 0.123 e. The summed E-state index contributed by atoms with van der Waals surface area (Å²) in [5.74, 6) is -0.204. The first-order valence-electron chi connectivity index (χ1n) is 5.33. The summed E-state index contributed by atoms with van der Waals surface area (Å²) in [4.78, 5) is 5.17. The standard InChI is InChI=1S/C12H18FNO2/c1-10(14-16-7-6-15-2)8-11-4-3-5-12(13)9-11/h3-5,9-10,14H,6-8H2,1-2H3. The van der Waals surface area contributed by atoms with Crippen molar-refractivity contribution < 1.29 is 14.0 Å². The maximum Gasteiger partial charge on any atom is 0.123 e. The Morgan fingerprint density at radius 2 is 2.19 bits per heavy atom. The van der Waals surface area contributed by atoms with E-state index in [-0.39, 0.29) is 11.9 Å². The molecule has 90 valence electrons. The highest BCUT2D eigenvalue weighted by Crippen LogP contribution is 2.06. The van der Waals surface area contributed by atoms with Crippen LogP contribution in [0, 0.1) is 5.82 Å². The van der Waals surface area contributed by atoms with Crippen LogP contribution in [0.1, 0.15) is 12.5 Å². The number of hydroxylamine groups is 1. The van der Waals surface area contributed by atoms with Gasteiger partial charge in [0, 0.05) is 13.2 Å². The van der Waals surface area contributed by atoms with Gasteiger partial charge in [0.25, 0.3) is 0 Å². The quantitative estimate of drug-likeness (QED) is 0.570. The molecular formula is C12H18FNO2. The molecule has 0 aliphatic heterocycles. The van der Waals surface area contributed by atoms with E-state index in [0.29, 0.717) is 13.2 Å². The van der Waals surface area contributed by atoms with Crippen molar-refractivity contribution in [3.8, 4) is 0 Å². The predicted octanol–water partition coefficient (Wildman–Crippen LogP) is 1.92. The first kappa shape index (κ1) is 13.1. The van der Waals surface area contributed by atoms with Crippen LogP contribution in [0.3, 0.4) is 0 Å². The fourth-order valence-electron chi connectivity index (χ4n) is 1.39. The highest BCUT2D eigenvalue weighted by Gasteiger charge is 2.03. The molecule has 0 bridgehead atoms. The molecule has 1 N–H and O–H groups in total. The summed E-state index contributed by atoms with van der Waals surface area (Å²) >= 11 is 0. The van der Waals surface area contributed by atoms with E-state index in [2.05, 4.69) is 5.48 Å². The minimum atomic E-state index is -0.204. The summed E-state index contributed by atoms with van der Waals surface area (Å²) in [6.07, 6.45) is 0.727. The average molecular weight is 227 g/mol. The van der Waals surface area contributed by atoms with E-state index in [1.54, 1.807) is 13.2 Å². The van der Waals surface area contributed by atoms with E-state index >= 15 is 0 Å². The SMILES string of the molecule is COCCONC(C)Cc1cccc(F)c1. The van der Waals surface area contributed by atoms with Crippen molar-refractivity contribution in [2.75, 3.05) is 20.3 Å². The van der Waals surface area contributed by atoms with Gasteiger partial charge in [-0.2, -0.15) is 5.48 Å². The molecule has 1 atom stereocenters. The second-order valence-corrected chi connectivity index (χ2v) is 3.69. The molecule has 0 saturated carbocycles. The van der Waals surface area contributed by atoms with Gasteiger partial charge in [0.15, 0.2) is 0 Å². The van der Waals surface area contributed by atoms with E-state index in [0.717, 1.165) is 12.0 Å². The second kappa shape index (κ2) is 7.33. The summed E-state index contributed by atoms with van der Waals surface area (Å²) in [5, 5.41) is 0. The fraction of sp³-hybridized carbons (Fsp3) is 0.500. The lowest BCUT2D eigenvalue weighted by Crippen LogP contribution is -2.29. The largest absolute Gasteiger partial charge is 0.382 e. The molecule has 4 heteroatoms. The van der Waals surface area contributed by atoms with Crippen molar-refractivity contribution in [1.29, 1.82) is 0 Å². The minimum Gasteiger partial charge on any atom is -0.382 e. The Kier molecular flexibility index (Phi) is 6.00. The molecule has 0 radical (unpaired) electrons. The monoisotopic (exact) mass is 227 g/mol. The normalized spacial score (nSPS) is 12.7. The van der Waals surface area contributed by atoms with Gasteiger partial charge in [0.1, 0.15) is 5.82 Å². The van der Waals surface area contributed by atoms with Crippen molar-refractivity contribution in [2.45, 2.75) is 19.4 Å². The Bertz CT molecular complexity index is 307. The van der Waals surface area contributed by atoms with Crippen LogP contribution in [0.15, 0.2) is 24.3 Å². The van der Waals surface area contributed by atoms with Crippen molar-refractivity contribution in [3.63, 3.8) is 0 Å². The average Bonchev–Trinajstić information content (AvgIpc) is 2.24. The zero-order valence-electron chi connectivity index (χ0n) is 9.70. The van der Waals surface area contributed by atoms with E-state index in [9.17, 15) is 4.39 Å². The number of rotatable bonds is 7. The lowest BCUT2D eigenvalue weighted by molar-refractivity contribution is -0.00864. The van der Waals surface area contributed by atoms with E-state index in [4.69, 9.17) is 9.57 Å². The lowest BCUT2D eigenvalue weighted by atomic mass is 10.1. The van der Waals surface area contributed by atoms with Gasteiger partial charge < -0.3 is 4.74 Å². The summed E-state index contributed by atoms with van der Waals surface area (Å²) in [5.41, 5.74) is 3.84. The Labute approximate surface area is 95.5 Å². The lowest BCUT2D eigenvalue weighted by Gasteiger charge is -2.13. The third-order valence-electron chi connectivity index (χ3n) is 2.10. The number of halogens is 1. The molecule has 3 nitrogen and oxygen atoms in total. The second-order valence-electron chi connectivity index (χ2n) is 3.69. The van der Waals surface area contributed by atoms with Crippen molar-refractivity contribution >= 4 is 0 Å². The van der Waals surface area contributed by atoms with Gasteiger partial charge in [-0.05, 0) is 31.0 Å². The van der Waals surface area contributed by atoms with Gasteiger partial charge >= 0.3 is 0 Å². The van der Waals surface area contributed by atoms with Crippen molar-refractivity contribution in [3.05, 3.63) is 35.6 Å². The maximum absolute atomic E-state index is 12.9. The summed E-state index contributed by atoms with van der Waals surface area (Å²) in [6.45, 7) is 3.04. The molecule has 0 saturated heterocycles. The third-order valence-corrected chi connectivity index (χ3v) is 2.10. The van der Waals surface area contributed by atoms with Crippen LogP contribution in [0.2, 0.25) is 0 Å². The number of ether oxygens (including phenoxy) is 1. The molecule has 0 fully saturated rings. The number of hydrogen-bond acceptors (Lipinski definition) is 3. The van der Waals surface area contributed by atoms with Crippen molar-refractivity contribution in [2.24, 2.45) is 0 Å². The Hall–Kier alpha value is -0.970. The minimum absolute atomic E-state index is 0.138. The topological polar surface area (TPSA) is 30.5 Å². The van der Waals surface area contributed by atoms with Crippen LogP contribution in [0.4, 0.5) is 4.39 Å². The molecule has 1 unspecified atom stereocenters. The van der Waals surface area contributed by atoms with Gasteiger partial charge in [0.05, 0.1) is 13.2 Å². The molecule has 0 heterocycles. The van der Waals surface area contributed by atoms with Gasteiger partial charge in [-0.15, -0.1) is 0 Å². The van der Waals surface area contributed by atoms with Crippen LogP contribution in [0.5, 0.6) is 0 Å². The number of benzene rings is 1. The van der Waals surface area contributed by atoms with Crippen LogP contribution in [0.25, 0.3) is 0 Å². The van der Waals surface area contributed by atoms with E-state index in [1.165, 1.54) is 12.1 Å². The summed E-state index contributed by atoms with van der Waals surface area (Å²) < 4.78 is 17.7. The molecule has 16 heavy (non-hydrogen) atoms. The van der Waals surface area contributed by atoms with Crippen LogP contribution in [-0.2, 0) is 16.0 Å². The Morgan fingerprint density at radius 1 is 1.38 bits per heavy atom. The van der Waals surface area contributed by atoms with Gasteiger partial charge in [-0.1, -0.05) is 12.1 Å². The fourth-order valence-corrected chi connectivity index (χ4v) is 1.39. The van der Waals surface area contributed by atoms with Gasteiger partial charge in [0.2, 0.25) is 0 Å².